The first-order valence-electron chi connectivity index (χ1n) is 6.33. The van der Waals surface area contributed by atoms with Crippen molar-refractivity contribution in [2.75, 3.05) is 19.3 Å². The first kappa shape index (κ1) is 16.4. The molecule has 0 aliphatic rings. The third-order valence-corrected chi connectivity index (χ3v) is 4.38. The molecule has 0 amide bonds. The molecule has 0 atom stereocenters. The van der Waals surface area contributed by atoms with E-state index in [4.69, 9.17) is 11.6 Å². The largest absolute Gasteiger partial charge is 0.344 e. The Morgan fingerprint density at radius 2 is 2.16 bits per heavy atom. The minimum Gasteiger partial charge on any atom is -0.344 e. The number of halogens is 1. The molecule has 0 unspecified atom stereocenters. The zero-order valence-electron chi connectivity index (χ0n) is 11.3. The summed E-state index contributed by atoms with van der Waals surface area (Å²) in [5.74, 6) is 0.921. The van der Waals surface area contributed by atoms with Crippen LogP contribution < -0.4 is 10.0 Å². The van der Waals surface area contributed by atoms with E-state index in [0.29, 0.717) is 18.2 Å². The predicted molar refractivity (Wildman–Crippen MR) is 76.8 cm³/mol. The molecule has 19 heavy (non-hydrogen) atoms. The number of aromatic nitrogens is 2. The Balaban J connectivity index is 2.39. The summed E-state index contributed by atoms with van der Waals surface area (Å²) < 4.78 is 24.7. The minimum absolute atomic E-state index is 0.0396. The van der Waals surface area contributed by atoms with Crippen LogP contribution in [0.2, 0.25) is 5.15 Å². The summed E-state index contributed by atoms with van der Waals surface area (Å²) in [6, 6.07) is 0. The van der Waals surface area contributed by atoms with Gasteiger partial charge in [0, 0.05) is 19.5 Å². The lowest BCUT2D eigenvalue weighted by molar-refractivity contribution is 0.582. The fourth-order valence-corrected chi connectivity index (χ4v) is 2.37. The standard InChI is InChI=1S/C11H21ClN4O2S/c1-3-4-5-10-15-9(11(12)16-10)8-14-6-7-19(17,18)13-2/h13-14H,3-8H2,1-2H3,(H,15,16). The molecule has 0 bridgehead atoms. The van der Waals surface area contributed by atoms with Gasteiger partial charge in [-0.05, 0) is 13.5 Å². The van der Waals surface area contributed by atoms with Crippen LogP contribution in [0.5, 0.6) is 0 Å². The monoisotopic (exact) mass is 308 g/mol. The van der Waals surface area contributed by atoms with Crippen LogP contribution in [0.1, 0.15) is 31.3 Å². The van der Waals surface area contributed by atoms with Gasteiger partial charge in [-0.25, -0.2) is 18.1 Å². The number of hydrogen-bond acceptors (Lipinski definition) is 4. The highest BCUT2D eigenvalue weighted by Gasteiger charge is 2.09. The Morgan fingerprint density at radius 1 is 1.42 bits per heavy atom. The van der Waals surface area contributed by atoms with Crippen LogP contribution in [0.4, 0.5) is 0 Å². The van der Waals surface area contributed by atoms with E-state index in [2.05, 4.69) is 26.9 Å². The molecular formula is C11H21ClN4O2S. The first-order chi connectivity index (χ1) is 8.98. The lowest BCUT2D eigenvalue weighted by atomic mass is 10.2. The number of hydrogen-bond donors (Lipinski definition) is 3. The Hall–Kier alpha value is -0.630. The summed E-state index contributed by atoms with van der Waals surface area (Å²) >= 11 is 6.01. The smallest absolute Gasteiger partial charge is 0.212 e. The molecule has 1 heterocycles. The minimum atomic E-state index is -3.16. The molecule has 1 rings (SSSR count). The van der Waals surface area contributed by atoms with Gasteiger partial charge in [-0.3, -0.25) is 0 Å². The molecular weight excluding hydrogens is 288 g/mol. The van der Waals surface area contributed by atoms with Crippen LogP contribution in [-0.2, 0) is 23.0 Å². The van der Waals surface area contributed by atoms with Crippen molar-refractivity contribution < 1.29 is 8.42 Å². The number of unbranched alkanes of at least 4 members (excludes halogenated alkanes) is 1. The van der Waals surface area contributed by atoms with Crippen molar-refractivity contribution in [1.29, 1.82) is 0 Å². The van der Waals surface area contributed by atoms with Crippen molar-refractivity contribution in [2.45, 2.75) is 32.7 Å². The van der Waals surface area contributed by atoms with Gasteiger partial charge in [0.2, 0.25) is 10.0 Å². The number of sulfonamides is 1. The molecule has 6 nitrogen and oxygen atoms in total. The van der Waals surface area contributed by atoms with Gasteiger partial charge in [-0.15, -0.1) is 0 Å². The number of rotatable bonds is 9. The molecule has 0 fully saturated rings. The van der Waals surface area contributed by atoms with Gasteiger partial charge in [-0.2, -0.15) is 0 Å². The SMILES string of the molecule is CCCCc1nc(Cl)c(CNCCS(=O)(=O)NC)[nH]1. The van der Waals surface area contributed by atoms with E-state index in [-0.39, 0.29) is 5.75 Å². The summed E-state index contributed by atoms with van der Waals surface area (Å²) in [5.41, 5.74) is 0.801. The number of aryl methyl sites for hydroxylation is 1. The van der Waals surface area contributed by atoms with Crippen LogP contribution in [0, 0.1) is 0 Å². The van der Waals surface area contributed by atoms with E-state index < -0.39 is 10.0 Å². The molecule has 0 radical (unpaired) electrons. The summed E-state index contributed by atoms with van der Waals surface area (Å²) in [5, 5.41) is 3.48. The quantitative estimate of drug-likeness (QED) is 0.595. The summed E-state index contributed by atoms with van der Waals surface area (Å²) in [6.07, 6.45) is 3.05. The van der Waals surface area contributed by atoms with Crippen LogP contribution in [-0.4, -0.2) is 37.7 Å². The van der Waals surface area contributed by atoms with Crippen LogP contribution in [0.25, 0.3) is 0 Å². The fourth-order valence-electron chi connectivity index (χ4n) is 1.54. The third kappa shape index (κ3) is 5.90. The molecule has 0 aliphatic heterocycles. The maximum Gasteiger partial charge on any atom is 0.212 e. The zero-order valence-corrected chi connectivity index (χ0v) is 12.9. The highest BCUT2D eigenvalue weighted by atomic mass is 35.5. The number of aromatic amines is 1. The number of nitrogens with zero attached hydrogens (tertiary/aromatic N) is 1. The number of imidazole rings is 1. The van der Waals surface area contributed by atoms with E-state index in [1.54, 1.807) is 0 Å². The second-order valence-corrected chi connectivity index (χ2v) is 6.66. The normalized spacial score (nSPS) is 11.9. The maximum absolute atomic E-state index is 11.2. The average Bonchev–Trinajstić information content (AvgIpc) is 2.73. The zero-order chi connectivity index (χ0) is 14.3. The third-order valence-electron chi connectivity index (χ3n) is 2.70. The molecule has 1 aromatic heterocycles. The van der Waals surface area contributed by atoms with Crippen molar-refractivity contribution in [1.82, 2.24) is 20.0 Å². The molecule has 3 N–H and O–H groups in total. The molecule has 0 saturated heterocycles. The number of H-pyrrole nitrogens is 1. The second-order valence-electron chi connectivity index (χ2n) is 4.26. The Bertz CT molecular complexity index is 487. The van der Waals surface area contributed by atoms with Gasteiger partial charge in [0.25, 0.3) is 0 Å². The molecule has 0 aromatic carbocycles. The molecule has 0 spiro atoms. The van der Waals surface area contributed by atoms with Crippen LogP contribution in [0.3, 0.4) is 0 Å². The van der Waals surface area contributed by atoms with Gasteiger partial charge in [0.15, 0.2) is 5.15 Å². The van der Waals surface area contributed by atoms with E-state index >= 15 is 0 Å². The van der Waals surface area contributed by atoms with Gasteiger partial charge in [-0.1, -0.05) is 24.9 Å². The van der Waals surface area contributed by atoms with Crippen molar-refractivity contribution in [3.05, 3.63) is 16.7 Å². The van der Waals surface area contributed by atoms with Crippen LogP contribution >= 0.6 is 11.6 Å². The molecule has 1 aromatic rings. The van der Waals surface area contributed by atoms with Gasteiger partial charge in [0.1, 0.15) is 5.82 Å². The fraction of sp³-hybridized carbons (Fsp3) is 0.727. The number of nitrogens with one attached hydrogen (secondary N) is 3. The molecule has 110 valence electrons. The van der Waals surface area contributed by atoms with E-state index in [0.717, 1.165) is 30.8 Å². The first-order valence-corrected chi connectivity index (χ1v) is 8.36. The Kier molecular flexibility index (Phi) is 6.78. The van der Waals surface area contributed by atoms with Crippen molar-refractivity contribution in [2.24, 2.45) is 0 Å². The Labute approximate surface area is 119 Å². The van der Waals surface area contributed by atoms with E-state index in [1.807, 2.05) is 0 Å². The van der Waals surface area contributed by atoms with E-state index in [9.17, 15) is 8.42 Å². The van der Waals surface area contributed by atoms with Crippen molar-refractivity contribution in [3.63, 3.8) is 0 Å². The van der Waals surface area contributed by atoms with E-state index in [1.165, 1.54) is 7.05 Å². The molecule has 0 aliphatic carbocycles. The highest BCUT2D eigenvalue weighted by Crippen LogP contribution is 2.13. The summed E-state index contributed by atoms with van der Waals surface area (Å²) in [7, 11) is -1.76. The van der Waals surface area contributed by atoms with Gasteiger partial charge in [0.05, 0.1) is 11.4 Å². The summed E-state index contributed by atoms with van der Waals surface area (Å²) in [6.45, 7) is 2.97. The predicted octanol–water partition coefficient (Wildman–Crippen LogP) is 1.04. The van der Waals surface area contributed by atoms with Crippen LogP contribution in [0.15, 0.2) is 0 Å². The Morgan fingerprint density at radius 3 is 2.79 bits per heavy atom. The average molecular weight is 309 g/mol. The lowest BCUT2D eigenvalue weighted by Crippen LogP contribution is -2.29. The topological polar surface area (TPSA) is 86.9 Å². The molecule has 8 heteroatoms. The maximum atomic E-state index is 11.2. The van der Waals surface area contributed by atoms with Gasteiger partial charge < -0.3 is 10.3 Å². The molecule has 0 saturated carbocycles. The van der Waals surface area contributed by atoms with Crippen molar-refractivity contribution >= 4 is 21.6 Å². The lowest BCUT2D eigenvalue weighted by Gasteiger charge is -2.04. The highest BCUT2D eigenvalue weighted by molar-refractivity contribution is 7.89. The van der Waals surface area contributed by atoms with Crippen molar-refractivity contribution in [3.8, 4) is 0 Å². The van der Waals surface area contributed by atoms with Gasteiger partial charge >= 0.3 is 0 Å². The second kappa shape index (κ2) is 7.84. The summed E-state index contributed by atoms with van der Waals surface area (Å²) in [4.78, 5) is 7.39.